The van der Waals surface area contributed by atoms with Gasteiger partial charge in [-0.05, 0) is 39.0 Å². The quantitative estimate of drug-likeness (QED) is 0.569. The van der Waals surface area contributed by atoms with E-state index in [4.69, 9.17) is 0 Å². The Balaban J connectivity index is 1.51. The number of hydrogen-bond acceptors (Lipinski definition) is 5. The van der Waals surface area contributed by atoms with Crippen molar-refractivity contribution in [3.8, 4) is 0 Å². The standard InChI is InChI=1S/C19H28N6O3/c1-12(2)20-17(26)11-24-6-8-25(9-7-24)13(3)18(27)21-14-4-5-15-16(10-14)23-19(28)22-15/h4-5,10,12-13H,6-9,11H2,1-3H3,(H,20,26)(H,21,27)(H2,22,23,28). The molecule has 9 nitrogen and oxygen atoms in total. The lowest BCUT2D eigenvalue weighted by Gasteiger charge is -2.37. The minimum atomic E-state index is -0.285. The smallest absolute Gasteiger partial charge is 0.323 e. The summed E-state index contributed by atoms with van der Waals surface area (Å²) in [6, 6.07) is 5.12. The van der Waals surface area contributed by atoms with Crippen LogP contribution >= 0.6 is 0 Å². The maximum atomic E-state index is 12.6. The second-order valence-electron chi connectivity index (χ2n) is 7.54. The number of nitrogens with zero attached hydrogens (tertiary/aromatic N) is 2. The molecule has 1 fully saturated rings. The van der Waals surface area contributed by atoms with Crippen molar-refractivity contribution in [2.24, 2.45) is 0 Å². The molecule has 1 unspecified atom stereocenters. The van der Waals surface area contributed by atoms with Crippen molar-refractivity contribution in [2.75, 3.05) is 38.0 Å². The van der Waals surface area contributed by atoms with Crippen molar-refractivity contribution in [2.45, 2.75) is 32.9 Å². The first-order valence-corrected chi connectivity index (χ1v) is 9.60. The summed E-state index contributed by atoms with van der Waals surface area (Å²) in [4.78, 5) is 45.4. The molecule has 1 saturated heterocycles. The first-order valence-electron chi connectivity index (χ1n) is 9.60. The molecule has 1 aliphatic rings. The van der Waals surface area contributed by atoms with E-state index in [1.54, 1.807) is 18.2 Å². The Labute approximate surface area is 163 Å². The van der Waals surface area contributed by atoms with Gasteiger partial charge in [-0.1, -0.05) is 0 Å². The summed E-state index contributed by atoms with van der Waals surface area (Å²) >= 11 is 0. The zero-order valence-electron chi connectivity index (χ0n) is 16.5. The number of hydrogen-bond donors (Lipinski definition) is 4. The normalized spacial score (nSPS) is 17.0. The third kappa shape index (κ3) is 4.99. The predicted molar refractivity (Wildman–Crippen MR) is 108 cm³/mol. The maximum absolute atomic E-state index is 12.6. The van der Waals surface area contributed by atoms with Crippen LogP contribution in [0, 0.1) is 0 Å². The van der Waals surface area contributed by atoms with Gasteiger partial charge in [0.2, 0.25) is 11.8 Å². The van der Waals surface area contributed by atoms with E-state index in [1.165, 1.54) is 0 Å². The van der Waals surface area contributed by atoms with Crippen LogP contribution in [0.15, 0.2) is 23.0 Å². The Hall–Kier alpha value is -2.65. The second-order valence-corrected chi connectivity index (χ2v) is 7.54. The highest BCUT2D eigenvalue weighted by Gasteiger charge is 2.26. The van der Waals surface area contributed by atoms with E-state index in [0.717, 1.165) is 26.2 Å². The third-order valence-corrected chi connectivity index (χ3v) is 4.93. The largest absolute Gasteiger partial charge is 0.353 e. The first-order chi connectivity index (χ1) is 13.3. The molecule has 3 rings (SSSR count). The lowest BCUT2D eigenvalue weighted by molar-refractivity contribution is -0.125. The SMILES string of the molecule is CC(C)NC(=O)CN1CCN(C(C)C(=O)Nc2ccc3[nH]c(=O)[nH]c3c2)CC1. The minimum Gasteiger partial charge on any atom is -0.353 e. The fourth-order valence-corrected chi connectivity index (χ4v) is 3.40. The highest BCUT2D eigenvalue weighted by atomic mass is 16.2. The molecular formula is C19H28N6O3. The topological polar surface area (TPSA) is 113 Å². The molecule has 1 atom stereocenters. The first kappa shape index (κ1) is 20.1. The van der Waals surface area contributed by atoms with Crippen LogP contribution in [-0.4, -0.2) is 76.4 Å². The molecule has 1 aromatic carbocycles. The maximum Gasteiger partial charge on any atom is 0.323 e. The summed E-state index contributed by atoms with van der Waals surface area (Å²) in [5.74, 6) is -0.0596. The van der Waals surface area contributed by atoms with Gasteiger partial charge in [-0.15, -0.1) is 0 Å². The number of rotatable bonds is 6. The van der Waals surface area contributed by atoms with Crippen molar-refractivity contribution in [3.63, 3.8) is 0 Å². The summed E-state index contributed by atoms with van der Waals surface area (Å²) in [5, 5.41) is 5.81. The molecular weight excluding hydrogens is 360 g/mol. The van der Waals surface area contributed by atoms with Gasteiger partial charge in [-0.3, -0.25) is 19.4 Å². The Kier molecular flexibility index (Phi) is 6.15. The van der Waals surface area contributed by atoms with Crippen LogP contribution in [0.4, 0.5) is 5.69 Å². The number of imidazole rings is 1. The van der Waals surface area contributed by atoms with Crippen LogP contribution in [0.1, 0.15) is 20.8 Å². The van der Waals surface area contributed by atoms with E-state index < -0.39 is 0 Å². The lowest BCUT2D eigenvalue weighted by atomic mass is 10.2. The Morgan fingerprint density at radius 1 is 1.07 bits per heavy atom. The average Bonchev–Trinajstić information content (AvgIpc) is 3.00. The highest BCUT2D eigenvalue weighted by Crippen LogP contribution is 2.16. The summed E-state index contributed by atoms with van der Waals surface area (Å²) in [7, 11) is 0. The zero-order valence-corrected chi connectivity index (χ0v) is 16.5. The zero-order chi connectivity index (χ0) is 20.3. The average molecular weight is 388 g/mol. The number of anilines is 1. The van der Waals surface area contributed by atoms with Gasteiger partial charge < -0.3 is 20.6 Å². The molecule has 1 aliphatic heterocycles. The molecule has 2 aromatic rings. The summed E-state index contributed by atoms with van der Waals surface area (Å²) in [5.41, 5.74) is 1.73. The van der Waals surface area contributed by atoms with Gasteiger partial charge in [-0.25, -0.2) is 4.79 Å². The van der Waals surface area contributed by atoms with Gasteiger partial charge in [0.05, 0.1) is 23.6 Å². The molecule has 0 aliphatic carbocycles. The van der Waals surface area contributed by atoms with Crippen LogP contribution in [-0.2, 0) is 9.59 Å². The number of aromatic nitrogens is 2. The number of fused-ring (bicyclic) bond motifs is 1. The summed E-state index contributed by atoms with van der Waals surface area (Å²) in [6.45, 7) is 9.12. The molecule has 0 spiro atoms. The van der Waals surface area contributed by atoms with Gasteiger partial charge in [0.1, 0.15) is 0 Å². The molecule has 1 aromatic heterocycles. The van der Waals surface area contributed by atoms with Crippen molar-refractivity contribution in [3.05, 3.63) is 28.7 Å². The number of H-pyrrole nitrogens is 2. The molecule has 9 heteroatoms. The fourth-order valence-electron chi connectivity index (χ4n) is 3.40. The number of amides is 2. The number of carbonyl (C=O) groups excluding carboxylic acids is 2. The Morgan fingerprint density at radius 2 is 1.75 bits per heavy atom. The molecule has 28 heavy (non-hydrogen) atoms. The molecule has 152 valence electrons. The van der Waals surface area contributed by atoms with Gasteiger partial charge >= 0.3 is 5.69 Å². The Bertz CT molecular complexity index is 894. The molecule has 0 radical (unpaired) electrons. The Morgan fingerprint density at radius 3 is 2.43 bits per heavy atom. The van der Waals surface area contributed by atoms with Crippen molar-refractivity contribution >= 4 is 28.5 Å². The minimum absolute atomic E-state index is 0.0347. The number of benzene rings is 1. The molecule has 4 N–H and O–H groups in total. The van der Waals surface area contributed by atoms with Crippen LogP contribution in [0.5, 0.6) is 0 Å². The van der Waals surface area contributed by atoms with Gasteiger partial charge in [0.15, 0.2) is 0 Å². The number of carbonyl (C=O) groups is 2. The van der Waals surface area contributed by atoms with E-state index in [0.29, 0.717) is 23.3 Å². The van der Waals surface area contributed by atoms with Crippen molar-refractivity contribution in [1.29, 1.82) is 0 Å². The van der Waals surface area contributed by atoms with Crippen molar-refractivity contribution < 1.29 is 9.59 Å². The van der Waals surface area contributed by atoms with Gasteiger partial charge in [0, 0.05) is 37.9 Å². The van der Waals surface area contributed by atoms with E-state index in [2.05, 4.69) is 30.4 Å². The third-order valence-electron chi connectivity index (χ3n) is 4.93. The molecule has 2 amide bonds. The van der Waals surface area contributed by atoms with Crippen molar-refractivity contribution in [1.82, 2.24) is 25.1 Å². The van der Waals surface area contributed by atoms with Crippen LogP contribution < -0.4 is 16.3 Å². The summed E-state index contributed by atoms with van der Waals surface area (Å²) < 4.78 is 0. The second kappa shape index (κ2) is 8.57. The number of piperazine rings is 1. The molecule has 2 heterocycles. The van der Waals surface area contributed by atoms with Gasteiger partial charge in [0.25, 0.3) is 0 Å². The van der Waals surface area contributed by atoms with Crippen LogP contribution in [0.2, 0.25) is 0 Å². The van der Waals surface area contributed by atoms with E-state index in [1.807, 2.05) is 20.8 Å². The fraction of sp³-hybridized carbons (Fsp3) is 0.526. The van der Waals surface area contributed by atoms with E-state index >= 15 is 0 Å². The van der Waals surface area contributed by atoms with E-state index in [9.17, 15) is 14.4 Å². The monoisotopic (exact) mass is 388 g/mol. The van der Waals surface area contributed by atoms with Crippen LogP contribution in [0.3, 0.4) is 0 Å². The molecule has 0 bridgehead atoms. The predicted octanol–water partition coefficient (Wildman–Crippen LogP) is 0.325. The van der Waals surface area contributed by atoms with E-state index in [-0.39, 0.29) is 29.6 Å². The van der Waals surface area contributed by atoms with Crippen LogP contribution in [0.25, 0.3) is 11.0 Å². The number of aromatic amines is 2. The van der Waals surface area contributed by atoms with Gasteiger partial charge in [-0.2, -0.15) is 0 Å². The summed E-state index contributed by atoms with van der Waals surface area (Å²) in [6.07, 6.45) is 0. The molecule has 0 saturated carbocycles. The highest BCUT2D eigenvalue weighted by molar-refractivity contribution is 5.96. The lowest BCUT2D eigenvalue weighted by Crippen LogP contribution is -2.54. The number of nitrogens with one attached hydrogen (secondary N) is 4.